The largest absolute Gasteiger partial charge is 0.433 e. The number of hydrogen-bond donors (Lipinski definition) is 3. The van der Waals surface area contributed by atoms with Crippen LogP contribution in [0.3, 0.4) is 0 Å². The third-order valence-electron chi connectivity index (χ3n) is 5.12. The van der Waals surface area contributed by atoms with E-state index in [0.717, 1.165) is 24.0 Å². The minimum absolute atomic E-state index is 0.106. The number of carbonyl (C=O) groups excluding carboxylic acids is 2. The van der Waals surface area contributed by atoms with Crippen molar-refractivity contribution >= 4 is 40.1 Å². The van der Waals surface area contributed by atoms with Crippen LogP contribution < -0.4 is 16.0 Å². The highest BCUT2D eigenvalue weighted by Gasteiger charge is 2.49. The number of benzene rings is 1. The SMILES string of the molecule is CC(O)(C(=O)Nc1ccc2c(N)noc2c1)[C@H]1OCCN(c2cccc(C(F)(F)F)n2)C1=O. The summed E-state index contributed by atoms with van der Waals surface area (Å²) < 4.78 is 49.4. The summed E-state index contributed by atoms with van der Waals surface area (Å²) in [5, 5.41) is 17.4. The molecule has 0 spiro atoms. The number of halogens is 3. The van der Waals surface area contributed by atoms with Gasteiger partial charge in [0, 0.05) is 11.8 Å². The highest BCUT2D eigenvalue weighted by molar-refractivity contribution is 6.06. The average molecular weight is 465 g/mol. The van der Waals surface area contributed by atoms with E-state index in [1.54, 1.807) is 6.07 Å². The lowest BCUT2D eigenvalue weighted by Crippen LogP contribution is -2.61. The van der Waals surface area contributed by atoms with Crippen LogP contribution in [0, 0.1) is 0 Å². The fourth-order valence-electron chi connectivity index (χ4n) is 3.36. The van der Waals surface area contributed by atoms with Crippen LogP contribution >= 0.6 is 0 Å². The molecule has 10 nitrogen and oxygen atoms in total. The Bertz CT molecular complexity index is 1230. The van der Waals surface area contributed by atoms with Gasteiger partial charge in [-0.25, -0.2) is 4.98 Å². The molecule has 13 heteroatoms. The first kappa shape index (κ1) is 22.5. The average Bonchev–Trinajstić information content (AvgIpc) is 3.13. The van der Waals surface area contributed by atoms with E-state index in [4.69, 9.17) is 15.0 Å². The number of nitrogens with one attached hydrogen (secondary N) is 1. The van der Waals surface area contributed by atoms with E-state index < -0.39 is 35.4 Å². The number of pyridine rings is 1. The molecule has 2 amide bonds. The molecule has 1 saturated heterocycles. The van der Waals surface area contributed by atoms with Crippen LogP contribution in [0.15, 0.2) is 40.9 Å². The van der Waals surface area contributed by atoms with E-state index in [0.29, 0.717) is 5.39 Å². The van der Waals surface area contributed by atoms with Crippen LogP contribution in [0.2, 0.25) is 0 Å². The van der Waals surface area contributed by atoms with Gasteiger partial charge in [0.15, 0.2) is 23.1 Å². The van der Waals surface area contributed by atoms with Crippen molar-refractivity contribution in [3.8, 4) is 0 Å². The van der Waals surface area contributed by atoms with Gasteiger partial charge in [0.2, 0.25) is 0 Å². The Morgan fingerprint density at radius 1 is 1.30 bits per heavy atom. The summed E-state index contributed by atoms with van der Waals surface area (Å²) in [6, 6.07) is 7.58. The van der Waals surface area contributed by atoms with E-state index in [9.17, 15) is 27.9 Å². The zero-order chi connectivity index (χ0) is 24.0. The summed E-state index contributed by atoms with van der Waals surface area (Å²) in [6.45, 7) is 0.824. The Kier molecular flexibility index (Phi) is 5.46. The van der Waals surface area contributed by atoms with Crippen LogP contribution in [0.25, 0.3) is 11.0 Å². The molecule has 0 aliphatic carbocycles. The van der Waals surface area contributed by atoms with Crippen molar-refractivity contribution in [3.63, 3.8) is 0 Å². The minimum Gasteiger partial charge on any atom is -0.380 e. The Balaban J connectivity index is 1.55. The second-order valence-corrected chi connectivity index (χ2v) is 7.50. The zero-order valence-electron chi connectivity index (χ0n) is 17.1. The highest BCUT2D eigenvalue weighted by atomic mass is 19.4. The normalized spacial score (nSPS) is 18.9. The molecule has 2 aromatic heterocycles. The van der Waals surface area contributed by atoms with Gasteiger partial charge in [0.1, 0.15) is 11.5 Å². The van der Waals surface area contributed by atoms with Gasteiger partial charge in [-0.3, -0.25) is 14.5 Å². The number of fused-ring (bicyclic) bond motifs is 1. The van der Waals surface area contributed by atoms with E-state index >= 15 is 0 Å². The third kappa shape index (κ3) is 4.19. The van der Waals surface area contributed by atoms with Crippen molar-refractivity contribution in [3.05, 3.63) is 42.1 Å². The van der Waals surface area contributed by atoms with Crippen molar-refractivity contribution in [2.45, 2.75) is 24.8 Å². The van der Waals surface area contributed by atoms with Crippen molar-refractivity contribution < 1.29 is 37.1 Å². The van der Waals surface area contributed by atoms with Gasteiger partial charge in [0.25, 0.3) is 11.8 Å². The maximum absolute atomic E-state index is 13.0. The van der Waals surface area contributed by atoms with Crippen LogP contribution in [-0.2, 0) is 20.5 Å². The molecule has 174 valence electrons. The molecule has 33 heavy (non-hydrogen) atoms. The molecule has 4 N–H and O–H groups in total. The first-order chi connectivity index (χ1) is 15.5. The summed E-state index contributed by atoms with van der Waals surface area (Å²) >= 11 is 0. The summed E-state index contributed by atoms with van der Waals surface area (Å²) in [4.78, 5) is 30.2. The van der Waals surface area contributed by atoms with Gasteiger partial charge in [0.05, 0.1) is 18.5 Å². The van der Waals surface area contributed by atoms with Gasteiger partial charge >= 0.3 is 6.18 Å². The second-order valence-electron chi connectivity index (χ2n) is 7.50. The number of rotatable bonds is 4. The number of hydrogen-bond acceptors (Lipinski definition) is 8. The fourth-order valence-corrected chi connectivity index (χ4v) is 3.36. The van der Waals surface area contributed by atoms with Crippen molar-refractivity contribution in [1.29, 1.82) is 0 Å². The number of amides is 2. The number of ether oxygens (including phenoxy) is 1. The molecule has 1 unspecified atom stereocenters. The standard InChI is InChI=1S/C20H18F3N5O5/c1-19(31,18(30)25-10-5-6-11-12(9-10)33-27-16(11)24)15-17(29)28(7-8-32-15)14-4-2-3-13(26-14)20(21,22)23/h2-6,9,15,31H,7-8H2,1H3,(H2,24,27)(H,25,30)/t15-,19?/m0/s1. The maximum atomic E-state index is 13.0. The zero-order valence-corrected chi connectivity index (χ0v) is 17.1. The predicted octanol–water partition coefficient (Wildman–Crippen LogP) is 1.95. The van der Waals surface area contributed by atoms with Gasteiger partial charge in [-0.1, -0.05) is 11.2 Å². The lowest BCUT2D eigenvalue weighted by atomic mass is 9.95. The van der Waals surface area contributed by atoms with E-state index in [-0.39, 0.29) is 36.1 Å². The molecular formula is C20H18F3N5O5. The molecule has 1 aromatic carbocycles. The van der Waals surface area contributed by atoms with Gasteiger partial charge < -0.3 is 25.4 Å². The summed E-state index contributed by atoms with van der Waals surface area (Å²) in [6.07, 6.45) is -6.39. The van der Waals surface area contributed by atoms with Crippen LogP contribution in [0.1, 0.15) is 12.6 Å². The maximum Gasteiger partial charge on any atom is 0.433 e. The fraction of sp³-hybridized carbons (Fsp3) is 0.300. The van der Waals surface area contributed by atoms with Crippen LogP contribution in [-0.4, -0.2) is 51.9 Å². The molecule has 3 heterocycles. The number of morpholine rings is 1. The third-order valence-corrected chi connectivity index (χ3v) is 5.12. The molecular weight excluding hydrogens is 447 g/mol. The summed E-state index contributed by atoms with van der Waals surface area (Å²) in [5.41, 5.74) is 2.61. The smallest absolute Gasteiger partial charge is 0.380 e. The number of alkyl halides is 3. The Morgan fingerprint density at radius 2 is 2.06 bits per heavy atom. The first-order valence-electron chi connectivity index (χ1n) is 9.64. The van der Waals surface area contributed by atoms with E-state index in [2.05, 4.69) is 15.5 Å². The van der Waals surface area contributed by atoms with Crippen molar-refractivity contribution in [2.75, 3.05) is 29.1 Å². The van der Waals surface area contributed by atoms with E-state index in [1.807, 2.05) is 0 Å². The Hall–Kier alpha value is -3.71. The Labute approximate surface area is 184 Å². The number of aromatic nitrogens is 2. The van der Waals surface area contributed by atoms with Crippen molar-refractivity contribution in [1.82, 2.24) is 10.1 Å². The quantitative estimate of drug-likeness (QED) is 0.530. The summed E-state index contributed by atoms with van der Waals surface area (Å²) in [7, 11) is 0. The Morgan fingerprint density at radius 3 is 2.79 bits per heavy atom. The molecule has 4 rings (SSSR count). The monoisotopic (exact) mass is 465 g/mol. The lowest BCUT2D eigenvalue weighted by molar-refractivity contribution is -0.165. The number of nitrogens with zero attached hydrogens (tertiary/aromatic N) is 3. The van der Waals surface area contributed by atoms with E-state index in [1.165, 1.54) is 18.2 Å². The predicted molar refractivity (Wildman–Crippen MR) is 109 cm³/mol. The molecule has 0 saturated carbocycles. The second kappa shape index (κ2) is 8.01. The molecule has 3 aromatic rings. The first-order valence-corrected chi connectivity index (χ1v) is 9.64. The van der Waals surface area contributed by atoms with Crippen molar-refractivity contribution in [2.24, 2.45) is 0 Å². The van der Waals surface area contributed by atoms with Gasteiger partial charge in [-0.2, -0.15) is 13.2 Å². The molecule has 1 aliphatic heterocycles. The number of carbonyl (C=O) groups is 2. The van der Waals surface area contributed by atoms with Crippen LogP contribution in [0.5, 0.6) is 0 Å². The number of aliphatic hydroxyl groups is 1. The number of nitrogen functional groups attached to an aromatic ring is 1. The van der Waals surface area contributed by atoms with Gasteiger partial charge in [-0.05, 0) is 31.2 Å². The molecule has 2 atom stereocenters. The number of nitrogens with two attached hydrogens (primary N) is 1. The molecule has 0 bridgehead atoms. The van der Waals surface area contributed by atoms with Gasteiger partial charge in [-0.15, -0.1) is 0 Å². The minimum atomic E-state index is -4.70. The molecule has 1 fully saturated rings. The lowest BCUT2D eigenvalue weighted by Gasteiger charge is -2.38. The molecule has 1 aliphatic rings. The highest BCUT2D eigenvalue weighted by Crippen LogP contribution is 2.31. The molecule has 0 radical (unpaired) electrons. The topological polar surface area (TPSA) is 144 Å². The van der Waals surface area contributed by atoms with Crippen LogP contribution in [0.4, 0.5) is 30.5 Å². The summed E-state index contributed by atoms with van der Waals surface area (Å²) in [5.74, 6) is -2.00. The number of anilines is 3.